The second-order valence-corrected chi connectivity index (χ2v) is 5.25. The first-order valence-electron chi connectivity index (χ1n) is 7.29. The summed E-state index contributed by atoms with van der Waals surface area (Å²) < 4.78 is 10.5. The predicted molar refractivity (Wildman–Crippen MR) is 89.7 cm³/mol. The first-order chi connectivity index (χ1) is 11.0. The quantitative estimate of drug-likeness (QED) is 0.857. The van der Waals surface area contributed by atoms with Gasteiger partial charge < -0.3 is 20.1 Å². The van der Waals surface area contributed by atoms with Crippen LogP contribution in [0.1, 0.15) is 24.3 Å². The molecule has 0 bridgehead atoms. The number of carbonyl (C=O) groups excluding carboxylic acids is 1. The Balaban J connectivity index is 2.13. The van der Waals surface area contributed by atoms with Gasteiger partial charge in [0.05, 0.1) is 31.8 Å². The minimum atomic E-state index is -0.187. The third-order valence-corrected chi connectivity index (χ3v) is 3.10. The zero-order valence-electron chi connectivity index (χ0n) is 13.7. The van der Waals surface area contributed by atoms with Crippen LogP contribution in [0, 0.1) is 0 Å². The highest BCUT2D eigenvalue weighted by atomic mass is 16.5. The summed E-state index contributed by atoms with van der Waals surface area (Å²) in [7, 11) is 3.20. The summed E-state index contributed by atoms with van der Waals surface area (Å²) in [5.41, 5.74) is 1.93. The van der Waals surface area contributed by atoms with Crippen molar-refractivity contribution >= 4 is 17.3 Å². The molecular weight excluding hydrogens is 294 g/mol. The van der Waals surface area contributed by atoms with Crippen molar-refractivity contribution < 1.29 is 14.3 Å². The number of anilines is 2. The fourth-order valence-electron chi connectivity index (χ4n) is 2.00. The smallest absolute Gasteiger partial charge is 0.270 e. The maximum atomic E-state index is 11.9. The standard InChI is InChI=1S/C17H21N3O3/c1-11(2)19-17(21)15-7-5-12(10-18-15)20-14-8-6-13(22-3)9-16(14)23-4/h5-11,20H,1-4H3,(H,19,21). The van der Waals surface area contributed by atoms with Crippen LogP contribution in [0.3, 0.4) is 0 Å². The lowest BCUT2D eigenvalue weighted by molar-refractivity contribution is 0.0938. The molecule has 1 amide bonds. The van der Waals surface area contributed by atoms with E-state index in [0.717, 1.165) is 11.4 Å². The molecule has 1 aromatic heterocycles. The van der Waals surface area contributed by atoms with E-state index in [4.69, 9.17) is 9.47 Å². The van der Waals surface area contributed by atoms with Crippen LogP contribution in [0.25, 0.3) is 0 Å². The Labute approximate surface area is 135 Å². The molecular formula is C17H21N3O3. The summed E-state index contributed by atoms with van der Waals surface area (Å²) in [6.45, 7) is 3.81. The second kappa shape index (κ2) is 7.49. The molecule has 23 heavy (non-hydrogen) atoms. The van der Waals surface area contributed by atoms with Gasteiger partial charge in [-0.05, 0) is 38.1 Å². The lowest BCUT2D eigenvalue weighted by atomic mass is 10.2. The van der Waals surface area contributed by atoms with E-state index in [1.54, 1.807) is 38.6 Å². The Morgan fingerprint density at radius 3 is 2.48 bits per heavy atom. The van der Waals surface area contributed by atoms with E-state index >= 15 is 0 Å². The second-order valence-electron chi connectivity index (χ2n) is 5.25. The van der Waals surface area contributed by atoms with Crippen LogP contribution >= 0.6 is 0 Å². The molecule has 2 aromatic rings. The van der Waals surface area contributed by atoms with Crippen LogP contribution < -0.4 is 20.1 Å². The molecule has 0 unspecified atom stereocenters. The van der Waals surface area contributed by atoms with E-state index in [9.17, 15) is 4.79 Å². The summed E-state index contributed by atoms with van der Waals surface area (Å²) >= 11 is 0. The van der Waals surface area contributed by atoms with Crippen molar-refractivity contribution in [3.05, 3.63) is 42.2 Å². The first kappa shape index (κ1) is 16.6. The Bertz CT molecular complexity index is 669. The molecule has 1 aromatic carbocycles. The molecule has 0 aliphatic rings. The van der Waals surface area contributed by atoms with E-state index < -0.39 is 0 Å². The molecule has 0 fully saturated rings. The van der Waals surface area contributed by atoms with Gasteiger partial charge >= 0.3 is 0 Å². The summed E-state index contributed by atoms with van der Waals surface area (Å²) in [6, 6.07) is 9.03. The molecule has 1 heterocycles. The number of benzene rings is 1. The van der Waals surface area contributed by atoms with Gasteiger partial charge in [0.2, 0.25) is 0 Å². The molecule has 6 heteroatoms. The maximum absolute atomic E-state index is 11.9. The van der Waals surface area contributed by atoms with Crippen molar-refractivity contribution in [3.8, 4) is 11.5 Å². The van der Waals surface area contributed by atoms with Crippen molar-refractivity contribution in [2.75, 3.05) is 19.5 Å². The molecule has 0 saturated heterocycles. The first-order valence-corrected chi connectivity index (χ1v) is 7.29. The number of aromatic nitrogens is 1. The van der Waals surface area contributed by atoms with E-state index in [1.807, 2.05) is 26.0 Å². The summed E-state index contributed by atoms with van der Waals surface area (Å²) in [5.74, 6) is 1.19. The normalized spacial score (nSPS) is 10.3. The topological polar surface area (TPSA) is 72.5 Å². The van der Waals surface area contributed by atoms with Gasteiger partial charge in [-0.2, -0.15) is 0 Å². The maximum Gasteiger partial charge on any atom is 0.270 e. The van der Waals surface area contributed by atoms with E-state index in [0.29, 0.717) is 17.2 Å². The van der Waals surface area contributed by atoms with E-state index in [1.165, 1.54) is 0 Å². The monoisotopic (exact) mass is 315 g/mol. The number of hydrogen-bond donors (Lipinski definition) is 2. The fraction of sp³-hybridized carbons (Fsp3) is 0.294. The fourth-order valence-corrected chi connectivity index (χ4v) is 2.00. The number of ether oxygens (including phenoxy) is 2. The van der Waals surface area contributed by atoms with Gasteiger partial charge in [-0.3, -0.25) is 4.79 Å². The largest absolute Gasteiger partial charge is 0.497 e. The molecule has 0 aliphatic heterocycles. The van der Waals surface area contributed by atoms with Gasteiger partial charge in [-0.1, -0.05) is 0 Å². The highest BCUT2D eigenvalue weighted by molar-refractivity contribution is 5.92. The molecule has 0 radical (unpaired) electrons. The van der Waals surface area contributed by atoms with Crippen molar-refractivity contribution in [2.24, 2.45) is 0 Å². The van der Waals surface area contributed by atoms with Crippen LogP contribution in [0.2, 0.25) is 0 Å². The summed E-state index contributed by atoms with van der Waals surface area (Å²) in [6.07, 6.45) is 1.61. The molecule has 2 rings (SSSR count). The van der Waals surface area contributed by atoms with Crippen molar-refractivity contribution in [1.29, 1.82) is 0 Å². The molecule has 6 nitrogen and oxygen atoms in total. The van der Waals surface area contributed by atoms with E-state index in [2.05, 4.69) is 15.6 Å². The number of methoxy groups -OCH3 is 2. The summed E-state index contributed by atoms with van der Waals surface area (Å²) in [4.78, 5) is 16.0. The van der Waals surface area contributed by atoms with E-state index in [-0.39, 0.29) is 11.9 Å². The summed E-state index contributed by atoms with van der Waals surface area (Å²) in [5, 5.41) is 6.01. The third kappa shape index (κ3) is 4.35. The minimum absolute atomic E-state index is 0.0747. The van der Waals surface area contributed by atoms with Crippen LogP contribution in [0.5, 0.6) is 11.5 Å². The Morgan fingerprint density at radius 1 is 1.13 bits per heavy atom. The SMILES string of the molecule is COc1ccc(Nc2ccc(C(=O)NC(C)C)nc2)c(OC)c1. The number of amides is 1. The average molecular weight is 315 g/mol. The van der Waals surface area contributed by atoms with Gasteiger partial charge in [0, 0.05) is 12.1 Å². The van der Waals surface area contributed by atoms with Gasteiger partial charge in [-0.25, -0.2) is 4.98 Å². The Hall–Kier alpha value is -2.76. The highest BCUT2D eigenvalue weighted by Crippen LogP contribution is 2.31. The number of rotatable bonds is 6. The number of nitrogens with zero attached hydrogens (tertiary/aromatic N) is 1. The highest BCUT2D eigenvalue weighted by Gasteiger charge is 2.09. The number of nitrogens with one attached hydrogen (secondary N) is 2. The Morgan fingerprint density at radius 2 is 1.91 bits per heavy atom. The number of pyridine rings is 1. The van der Waals surface area contributed by atoms with Gasteiger partial charge in [0.15, 0.2) is 0 Å². The van der Waals surface area contributed by atoms with Crippen LogP contribution in [0.15, 0.2) is 36.5 Å². The number of carbonyl (C=O) groups is 1. The number of hydrogen-bond acceptors (Lipinski definition) is 5. The van der Waals surface area contributed by atoms with Crippen LogP contribution in [-0.2, 0) is 0 Å². The molecule has 0 atom stereocenters. The Kier molecular flexibility index (Phi) is 5.41. The lowest BCUT2D eigenvalue weighted by Gasteiger charge is -2.13. The molecule has 0 spiro atoms. The average Bonchev–Trinajstić information content (AvgIpc) is 2.55. The van der Waals surface area contributed by atoms with Crippen molar-refractivity contribution in [1.82, 2.24) is 10.3 Å². The van der Waals surface area contributed by atoms with Gasteiger partial charge in [0.1, 0.15) is 17.2 Å². The molecule has 0 saturated carbocycles. The van der Waals surface area contributed by atoms with Crippen molar-refractivity contribution in [3.63, 3.8) is 0 Å². The van der Waals surface area contributed by atoms with Gasteiger partial charge in [-0.15, -0.1) is 0 Å². The lowest BCUT2D eigenvalue weighted by Crippen LogP contribution is -2.30. The van der Waals surface area contributed by atoms with Crippen LogP contribution in [-0.4, -0.2) is 31.2 Å². The van der Waals surface area contributed by atoms with Gasteiger partial charge in [0.25, 0.3) is 5.91 Å². The minimum Gasteiger partial charge on any atom is -0.497 e. The molecule has 2 N–H and O–H groups in total. The zero-order valence-corrected chi connectivity index (χ0v) is 13.7. The van der Waals surface area contributed by atoms with Crippen LogP contribution in [0.4, 0.5) is 11.4 Å². The molecule has 0 aliphatic carbocycles. The van der Waals surface area contributed by atoms with Crippen molar-refractivity contribution in [2.45, 2.75) is 19.9 Å². The molecule has 122 valence electrons. The third-order valence-electron chi connectivity index (χ3n) is 3.10. The zero-order chi connectivity index (χ0) is 16.8. The predicted octanol–water partition coefficient (Wildman–Crippen LogP) is 2.98.